The highest BCUT2D eigenvalue weighted by molar-refractivity contribution is 7.89. The van der Waals surface area contributed by atoms with Crippen molar-refractivity contribution < 1.29 is 22.4 Å². The number of rotatable bonds is 5. The molecule has 2 amide bonds. The third-order valence-corrected chi connectivity index (χ3v) is 8.33. The second-order valence-electron chi connectivity index (χ2n) is 8.42. The first kappa shape index (κ1) is 22.2. The van der Waals surface area contributed by atoms with Crippen molar-refractivity contribution in [2.45, 2.75) is 36.6 Å². The summed E-state index contributed by atoms with van der Waals surface area (Å²) in [5, 5.41) is 0. The van der Waals surface area contributed by atoms with Crippen LogP contribution in [0.1, 0.15) is 25.7 Å². The molecule has 1 aromatic rings. The predicted octanol–water partition coefficient (Wildman–Crippen LogP) is 0.745. The Morgan fingerprint density at radius 3 is 2.16 bits per heavy atom. The largest absolute Gasteiger partial charge is 0.342 e. The average molecular weight is 453 g/mol. The molecule has 0 aliphatic carbocycles. The molecule has 3 fully saturated rings. The van der Waals surface area contributed by atoms with E-state index in [9.17, 15) is 22.4 Å². The van der Waals surface area contributed by atoms with Crippen LogP contribution in [0.3, 0.4) is 0 Å². The van der Waals surface area contributed by atoms with Crippen molar-refractivity contribution in [3.63, 3.8) is 0 Å². The molecule has 0 N–H and O–H groups in total. The molecule has 10 heteroatoms. The fraction of sp³-hybridized carbons (Fsp3) is 0.619. The van der Waals surface area contributed by atoms with Crippen molar-refractivity contribution in [2.75, 3.05) is 52.4 Å². The van der Waals surface area contributed by atoms with Gasteiger partial charge in [0.15, 0.2) is 0 Å². The molecule has 8 nitrogen and oxygen atoms in total. The minimum atomic E-state index is -3.87. The van der Waals surface area contributed by atoms with Crippen LogP contribution < -0.4 is 0 Å². The Morgan fingerprint density at radius 2 is 1.52 bits per heavy atom. The first-order valence-electron chi connectivity index (χ1n) is 10.9. The molecule has 4 rings (SSSR count). The Kier molecular flexibility index (Phi) is 6.59. The Hall–Kier alpha value is -2.04. The smallest absolute Gasteiger partial charge is 0.243 e. The predicted molar refractivity (Wildman–Crippen MR) is 112 cm³/mol. The third-order valence-electron chi connectivity index (χ3n) is 6.41. The van der Waals surface area contributed by atoms with Crippen LogP contribution in [-0.2, 0) is 19.6 Å². The zero-order valence-corrected chi connectivity index (χ0v) is 18.4. The van der Waals surface area contributed by atoms with Crippen molar-refractivity contribution in [1.29, 1.82) is 0 Å². The van der Waals surface area contributed by atoms with Crippen molar-refractivity contribution in [3.8, 4) is 0 Å². The average Bonchev–Trinajstić information content (AvgIpc) is 3.47. The maximum absolute atomic E-state index is 13.2. The van der Waals surface area contributed by atoms with Crippen LogP contribution in [0.5, 0.6) is 0 Å². The zero-order valence-electron chi connectivity index (χ0n) is 17.6. The molecule has 31 heavy (non-hydrogen) atoms. The van der Waals surface area contributed by atoms with Gasteiger partial charge in [0.2, 0.25) is 21.8 Å². The molecule has 3 heterocycles. The van der Waals surface area contributed by atoms with Gasteiger partial charge in [-0.25, -0.2) is 12.8 Å². The Labute approximate surface area is 182 Å². The topological polar surface area (TPSA) is 81.2 Å². The van der Waals surface area contributed by atoms with Crippen LogP contribution >= 0.6 is 0 Å². The van der Waals surface area contributed by atoms with Crippen molar-refractivity contribution in [3.05, 3.63) is 30.1 Å². The fourth-order valence-corrected chi connectivity index (χ4v) is 6.26. The van der Waals surface area contributed by atoms with Gasteiger partial charge in [0.05, 0.1) is 11.4 Å². The summed E-state index contributed by atoms with van der Waals surface area (Å²) in [5.74, 6) is -0.549. The van der Waals surface area contributed by atoms with Gasteiger partial charge >= 0.3 is 0 Å². The molecule has 1 atom stereocenters. The number of likely N-dealkylation sites (tertiary alicyclic amines) is 1. The summed E-state index contributed by atoms with van der Waals surface area (Å²) in [7, 11) is -3.87. The summed E-state index contributed by atoms with van der Waals surface area (Å²) in [5.41, 5.74) is 0. The van der Waals surface area contributed by atoms with Gasteiger partial charge in [-0.1, -0.05) is 0 Å². The number of benzene rings is 1. The number of halogens is 1. The van der Waals surface area contributed by atoms with E-state index < -0.39 is 21.9 Å². The summed E-state index contributed by atoms with van der Waals surface area (Å²) in [4.78, 5) is 31.2. The van der Waals surface area contributed by atoms with Gasteiger partial charge < -0.3 is 9.80 Å². The van der Waals surface area contributed by atoms with Crippen molar-refractivity contribution in [2.24, 2.45) is 0 Å². The number of amides is 2. The van der Waals surface area contributed by atoms with E-state index in [1.54, 1.807) is 4.90 Å². The molecule has 3 aliphatic heterocycles. The van der Waals surface area contributed by atoms with Gasteiger partial charge in [-0.3, -0.25) is 14.5 Å². The summed E-state index contributed by atoms with van der Waals surface area (Å²) in [6, 6.07) is 3.97. The van der Waals surface area contributed by atoms with E-state index in [-0.39, 0.29) is 23.3 Å². The highest BCUT2D eigenvalue weighted by Crippen LogP contribution is 2.27. The molecule has 1 aromatic carbocycles. The number of piperazine rings is 1. The number of carbonyl (C=O) groups is 2. The summed E-state index contributed by atoms with van der Waals surface area (Å²) in [6.45, 7) is 4.47. The minimum Gasteiger partial charge on any atom is -0.342 e. The number of hydrogen-bond donors (Lipinski definition) is 0. The van der Waals surface area contributed by atoms with E-state index in [0.717, 1.165) is 38.1 Å². The van der Waals surface area contributed by atoms with Gasteiger partial charge in [-0.15, -0.1) is 0 Å². The van der Waals surface area contributed by atoms with Gasteiger partial charge in [0, 0.05) is 45.8 Å². The third kappa shape index (κ3) is 4.75. The quantitative estimate of drug-likeness (QED) is 0.659. The number of nitrogens with zero attached hydrogens (tertiary/aromatic N) is 4. The van der Waals surface area contributed by atoms with Crippen LogP contribution in [0.25, 0.3) is 0 Å². The molecule has 170 valence electrons. The first-order chi connectivity index (χ1) is 14.9. The maximum atomic E-state index is 13.2. The van der Waals surface area contributed by atoms with E-state index in [4.69, 9.17) is 0 Å². The van der Waals surface area contributed by atoms with Crippen LogP contribution in [0, 0.1) is 5.82 Å². The minimum absolute atomic E-state index is 0.00107. The van der Waals surface area contributed by atoms with Gasteiger partial charge in [-0.05, 0) is 49.9 Å². The normalized spacial score (nSPS) is 23.5. The van der Waals surface area contributed by atoms with Crippen molar-refractivity contribution in [1.82, 2.24) is 19.0 Å². The summed E-state index contributed by atoms with van der Waals surface area (Å²) < 4.78 is 40.5. The molecule has 3 saturated heterocycles. The van der Waals surface area contributed by atoms with E-state index >= 15 is 0 Å². The number of hydrogen-bond acceptors (Lipinski definition) is 5. The zero-order chi connectivity index (χ0) is 22.0. The van der Waals surface area contributed by atoms with Crippen LogP contribution in [0.15, 0.2) is 29.2 Å². The van der Waals surface area contributed by atoms with E-state index in [2.05, 4.69) is 4.90 Å². The SMILES string of the molecule is O=C(CN1CCN(C(=O)[C@H]2CCCN2S(=O)(=O)c2ccc(F)cc2)CC1)N1CCCC1. The molecule has 0 saturated carbocycles. The standard InChI is InChI=1S/C21H29FN4O4S/c22-17-5-7-18(8-6-17)31(29,30)26-11-3-4-19(26)21(28)25-14-12-23(13-15-25)16-20(27)24-9-1-2-10-24/h5-8,19H,1-4,9-16H2/t19-/m1/s1. The fourth-order valence-electron chi connectivity index (χ4n) is 4.61. The molecular weight excluding hydrogens is 423 g/mol. The second-order valence-corrected chi connectivity index (χ2v) is 10.3. The number of carbonyl (C=O) groups excluding carboxylic acids is 2. The maximum Gasteiger partial charge on any atom is 0.243 e. The Morgan fingerprint density at radius 1 is 0.871 bits per heavy atom. The van der Waals surface area contributed by atoms with Crippen LogP contribution in [0.2, 0.25) is 0 Å². The van der Waals surface area contributed by atoms with Gasteiger partial charge in [0.25, 0.3) is 0 Å². The molecule has 0 unspecified atom stereocenters. The van der Waals surface area contributed by atoms with Crippen molar-refractivity contribution >= 4 is 21.8 Å². The van der Waals surface area contributed by atoms with E-state index in [0.29, 0.717) is 45.6 Å². The lowest BCUT2D eigenvalue weighted by Crippen LogP contribution is -2.55. The highest BCUT2D eigenvalue weighted by Gasteiger charge is 2.41. The Bertz CT molecular complexity index is 910. The lowest BCUT2D eigenvalue weighted by atomic mass is 10.2. The molecule has 0 spiro atoms. The Balaban J connectivity index is 1.35. The monoisotopic (exact) mass is 452 g/mol. The van der Waals surface area contributed by atoms with Crippen LogP contribution in [-0.4, -0.2) is 97.6 Å². The molecular formula is C21H29FN4O4S. The number of sulfonamides is 1. The molecule has 0 aromatic heterocycles. The first-order valence-corrected chi connectivity index (χ1v) is 12.4. The molecule has 0 radical (unpaired) electrons. The summed E-state index contributed by atoms with van der Waals surface area (Å²) in [6.07, 6.45) is 3.22. The lowest BCUT2D eigenvalue weighted by molar-refractivity contribution is -0.137. The van der Waals surface area contributed by atoms with Gasteiger partial charge in [0.1, 0.15) is 11.9 Å². The molecule has 3 aliphatic rings. The lowest BCUT2D eigenvalue weighted by Gasteiger charge is -2.37. The van der Waals surface area contributed by atoms with Gasteiger partial charge in [-0.2, -0.15) is 4.31 Å². The van der Waals surface area contributed by atoms with E-state index in [1.165, 1.54) is 16.4 Å². The van der Waals surface area contributed by atoms with E-state index in [1.807, 2.05) is 4.90 Å². The molecule has 0 bridgehead atoms. The summed E-state index contributed by atoms with van der Waals surface area (Å²) >= 11 is 0. The highest BCUT2D eigenvalue weighted by atomic mass is 32.2. The van der Waals surface area contributed by atoms with Crippen LogP contribution in [0.4, 0.5) is 4.39 Å². The second kappa shape index (κ2) is 9.22.